The van der Waals surface area contributed by atoms with Crippen LogP contribution >= 0.6 is 0 Å². The fourth-order valence-electron chi connectivity index (χ4n) is 4.84. The highest BCUT2D eigenvalue weighted by atomic mass is 16.7. The van der Waals surface area contributed by atoms with Gasteiger partial charge in [0.05, 0.1) is 6.04 Å². The van der Waals surface area contributed by atoms with Gasteiger partial charge in [0.15, 0.2) is 6.10 Å². The van der Waals surface area contributed by atoms with Gasteiger partial charge in [0.2, 0.25) is 6.29 Å². The van der Waals surface area contributed by atoms with Crippen LogP contribution in [0.1, 0.15) is 22.7 Å². The Hall–Kier alpha value is -2.69. The maximum Gasteiger partial charge on any atom is 0.335 e. The molecule has 0 aromatic heterocycles. The first-order valence-electron chi connectivity index (χ1n) is 10.7. The van der Waals surface area contributed by atoms with Crippen LogP contribution < -0.4 is 15.0 Å². The minimum Gasteiger partial charge on any atom is -0.479 e. The maximum atomic E-state index is 11.4. The summed E-state index contributed by atoms with van der Waals surface area (Å²) in [4.78, 5) is 13.7. The Kier molecular flexibility index (Phi) is 5.52. The fraction of sp³-hybridized carbons (Fsp3) is 0.435. The number of carboxylic acid groups (broad SMARTS) is 1. The lowest BCUT2D eigenvalue weighted by atomic mass is 9.96. The molecule has 0 spiro atoms. The largest absolute Gasteiger partial charge is 0.479 e. The summed E-state index contributed by atoms with van der Waals surface area (Å²) in [6.45, 7) is 2.60. The van der Waals surface area contributed by atoms with Crippen LogP contribution in [0.25, 0.3) is 0 Å². The molecule has 0 bridgehead atoms. The number of piperazine rings is 1. The molecule has 2 saturated heterocycles. The molecular weight excluding hydrogens is 416 g/mol. The molecule has 0 saturated carbocycles. The van der Waals surface area contributed by atoms with E-state index in [2.05, 4.69) is 28.4 Å². The van der Waals surface area contributed by atoms with Gasteiger partial charge in [-0.3, -0.25) is 0 Å². The Balaban J connectivity index is 1.45. The number of aliphatic hydroxyl groups excluding tert-OH is 3. The predicted molar refractivity (Wildman–Crippen MR) is 114 cm³/mol. The van der Waals surface area contributed by atoms with Crippen LogP contribution in [0.3, 0.4) is 0 Å². The molecule has 0 unspecified atom stereocenters. The van der Waals surface area contributed by atoms with Crippen LogP contribution in [0.15, 0.2) is 42.5 Å². The second-order valence-electron chi connectivity index (χ2n) is 8.43. The molecule has 3 aliphatic rings. The summed E-state index contributed by atoms with van der Waals surface area (Å²) < 4.78 is 11.0. The Bertz CT molecular complexity index is 1020. The first kappa shape index (κ1) is 21.2. The summed E-state index contributed by atoms with van der Waals surface area (Å²) >= 11 is 0. The van der Waals surface area contributed by atoms with Crippen LogP contribution in [0.4, 0.5) is 5.69 Å². The van der Waals surface area contributed by atoms with Crippen molar-refractivity contribution >= 4 is 11.7 Å². The third-order valence-electron chi connectivity index (χ3n) is 6.46. The van der Waals surface area contributed by atoms with Crippen molar-refractivity contribution in [1.29, 1.82) is 0 Å². The number of rotatable bonds is 3. The van der Waals surface area contributed by atoms with Crippen LogP contribution in [0.2, 0.25) is 0 Å². The molecule has 2 fully saturated rings. The van der Waals surface area contributed by atoms with E-state index in [1.807, 2.05) is 18.2 Å². The van der Waals surface area contributed by atoms with E-state index in [9.17, 15) is 25.2 Å². The van der Waals surface area contributed by atoms with E-state index in [4.69, 9.17) is 9.47 Å². The molecule has 9 heteroatoms. The van der Waals surface area contributed by atoms with E-state index in [0.29, 0.717) is 12.2 Å². The second-order valence-corrected chi connectivity index (χ2v) is 8.43. The number of carboxylic acids is 1. The monoisotopic (exact) mass is 442 g/mol. The number of fused-ring (bicyclic) bond motifs is 5. The number of nitrogens with zero attached hydrogens (tertiary/aromatic N) is 1. The smallest absolute Gasteiger partial charge is 0.335 e. The molecule has 2 aromatic carbocycles. The van der Waals surface area contributed by atoms with Gasteiger partial charge in [-0.15, -0.1) is 0 Å². The van der Waals surface area contributed by atoms with E-state index >= 15 is 0 Å². The van der Waals surface area contributed by atoms with Crippen molar-refractivity contribution in [3.63, 3.8) is 0 Å². The van der Waals surface area contributed by atoms with Crippen molar-refractivity contribution in [3.05, 3.63) is 59.2 Å². The van der Waals surface area contributed by atoms with E-state index in [1.165, 1.54) is 11.1 Å². The second kappa shape index (κ2) is 8.34. The number of benzene rings is 2. The number of carbonyl (C=O) groups is 1. The lowest BCUT2D eigenvalue weighted by molar-refractivity contribution is -0.271. The van der Waals surface area contributed by atoms with Gasteiger partial charge in [-0.05, 0) is 41.3 Å². The van der Waals surface area contributed by atoms with Gasteiger partial charge < -0.3 is 40.1 Å². The number of nitrogens with one attached hydrogen (secondary N) is 1. The van der Waals surface area contributed by atoms with E-state index in [0.717, 1.165) is 30.9 Å². The van der Waals surface area contributed by atoms with Crippen molar-refractivity contribution < 1.29 is 34.7 Å². The number of anilines is 1. The lowest BCUT2D eigenvalue weighted by Gasteiger charge is -2.39. The molecule has 0 radical (unpaired) electrons. The zero-order valence-corrected chi connectivity index (χ0v) is 17.3. The molecule has 9 nitrogen and oxygen atoms in total. The lowest BCUT2D eigenvalue weighted by Crippen LogP contribution is -2.61. The van der Waals surface area contributed by atoms with Crippen LogP contribution in [0.5, 0.6) is 5.75 Å². The normalized spacial score (nSPS) is 31.7. The van der Waals surface area contributed by atoms with Gasteiger partial charge in [-0.2, -0.15) is 0 Å². The van der Waals surface area contributed by atoms with Gasteiger partial charge in [-0.25, -0.2) is 4.79 Å². The SMILES string of the molecule is O=C(O)[C@H]1O[C@@H](Oc2ccc3c(c2)Cc2ccccc2[C@@H]2CNCCN32)[C@H](O)[C@@H](O)[C@@H]1O. The van der Waals surface area contributed by atoms with Crippen molar-refractivity contribution in [2.75, 3.05) is 24.5 Å². The Morgan fingerprint density at radius 2 is 1.88 bits per heavy atom. The highest BCUT2D eigenvalue weighted by molar-refractivity contribution is 5.73. The molecule has 170 valence electrons. The number of hydrogen-bond acceptors (Lipinski definition) is 8. The Morgan fingerprint density at radius 3 is 2.69 bits per heavy atom. The van der Waals surface area contributed by atoms with Gasteiger partial charge in [-0.1, -0.05) is 24.3 Å². The first-order chi connectivity index (χ1) is 15.4. The molecule has 0 amide bonds. The predicted octanol–water partition coefficient (Wildman–Crippen LogP) is 0.0127. The van der Waals surface area contributed by atoms with Gasteiger partial charge in [0, 0.05) is 25.3 Å². The molecule has 5 N–H and O–H groups in total. The average molecular weight is 442 g/mol. The molecule has 5 rings (SSSR count). The summed E-state index contributed by atoms with van der Waals surface area (Å²) in [5.41, 5.74) is 4.65. The van der Waals surface area contributed by atoms with Crippen LogP contribution in [-0.4, -0.2) is 76.7 Å². The first-order valence-corrected chi connectivity index (χ1v) is 10.7. The molecule has 32 heavy (non-hydrogen) atoms. The topological polar surface area (TPSA) is 132 Å². The highest BCUT2D eigenvalue weighted by Crippen LogP contribution is 2.39. The van der Waals surface area contributed by atoms with Crippen molar-refractivity contribution in [2.24, 2.45) is 0 Å². The Labute approximate surface area is 184 Å². The van der Waals surface area contributed by atoms with Gasteiger partial charge >= 0.3 is 5.97 Å². The summed E-state index contributed by atoms with van der Waals surface area (Å²) in [7, 11) is 0. The number of aliphatic hydroxyl groups is 3. The third kappa shape index (κ3) is 3.62. The van der Waals surface area contributed by atoms with Crippen LogP contribution in [0, 0.1) is 0 Å². The molecule has 3 aliphatic heterocycles. The van der Waals surface area contributed by atoms with Crippen molar-refractivity contribution in [3.8, 4) is 5.75 Å². The van der Waals surface area contributed by atoms with Gasteiger partial charge in [0.25, 0.3) is 0 Å². The maximum absolute atomic E-state index is 11.4. The highest BCUT2D eigenvalue weighted by Gasteiger charge is 2.48. The minimum atomic E-state index is -1.75. The van der Waals surface area contributed by atoms with E-state index in [-0.39, 0.29) is 6.04 Å². The van der Waals surface area contributed by atoms with Crippen molar-refractivity contribution in [2.45, 2.75) is 43.2 Å². The average Bonchev–Trinajstić information content (AvgIpc) is 2.93. The van der Waals surface area contributed by atoms with Crippen LogP contribution in [-0.2, 0) is 16.0 Å². The zero-order chi connectivity index (χ0) is 22.4. The quantitative estimate of drug-likeness (QED) is 0.446. The zero-order valence-electron chi connectivity index (χ0n) is 17.3. The molecular formula is C23H26N2O7. The fourth-order valence-corrected chi connectivity index (χ4v) is 4.84. The number of aliphatic carboxylic acids is 1. The van der Waals surface area contributed by atoms with Gasteiger partial charge in [0.1, 0.15) is 24.1 Å². The molecule has 0 aliphatic carbocycles. The summed E-state index contributed by atoms with van der Waals surface area (Å²) in [6.07, 6.45) is -7.49. The standard InChI is InChI=1S/C23H26N2O7/c26-18-19(27)21(22(29)30)32-23(20(18)28)31-14-5-6-16-13(10-14)9-12-3-1-2-4-15(12)17-11-24-7-8-25(16)17/h1-6,10,17-21,23-24,26-28H,7-9,11H2,(H,29,30)/t17-,18-,19-,20+,21-,23+/m0/s1. The van der Waals surface area contributed by atoms with E-state index in [1.54, 1.807) is 6.07 Å². The summed E-state index contributed by atoms with van der Waals surface area (Å²) in [5, 5.41) is 42.9. The van der Waals surface area contributed by atoms with E-state index < -0.39 is 36.7 Å². The number of hydrogen-bond donors (Lipinski definition) is 5. The molecule has 2 aromatic rings. The minimum absolute atomic E-state index is 0.226. The third-order valence-corrected chi connectivity index (χ3v) is 6.46. The molecule has 3 heterocycles. The molecule has 6 atom stereocenters. The number of ether oxygens (including phenoxy) is 2. The summed E-state index contributed by atoms with van der Waals surface area (Å²) in [5.74, 6) is -1.06. The van der Waals surface area contributed by atoms with Crippen molar-refractivity contribution in [1.82, 2.24) is 5.32 Å². The Morgan fingerprint density at radius 1 is 1.06 bits per heavy atom. The summed E-state index contributed by atoms with van der Waals surface area (Å²) in [6, 6.07) is 14.2.